The Morgan fingerprint density at radius 2 is 1.88 bits per heavy atom. The highest BCUT2D eigenvalue weighted by atomic mass is 79.9. The lowest BCUT2D eigenvalue weighted by molar-refractivity contribution is -0.121. The lowest BCUT2D eigenvalue weighted by atomic mass is 10.2. The summed E-state index contributed by atoms with van der Waals surface area (Å²) in [7, 11) is 0.163. The van der Waals surface area contributed by atoms with Crippen LogP contribution in [0.25, 0.3) is 0 Å². The number of hydrogen-bond acceptors (Lipinski definition) is 5. The van der Waals surface area contributed by atoms with E-state index < -0.39 is 10.0 Å². The van der Waals surface area contributed by atoms with E-state index in [9.17, 15) is 13.2 Å². The number of nitrogens with one attached hydrogen (secondary N) is 2. The van der Waals surface area contributed by atoms with Gasteiger partial charge >= 0.3 is 0 Å². The van der Waals surface area contributed by atoms with Gasteiger partial charge in [0.25, 0.3) is 0 Å². The zero-order valence-electron chi connectivity index (χ0n) is 14.6. The maximum absolute atomic E-state index is 12.1. The molecule has 1 aromatic carbocycles. The first-order chi connectivity index (χ1) is 12.3. The number of amides is 1. The maximum Gasteiger partial charge on any atom is 0.240 e. The van der Waals surface area contributed by atoms with Crippen molar-refractivity contribution in [1.82, 2.24) is 15.0 Å². The summed E-state index contributed by atoms with van der Waals surface area (Å²) in [6.45, 7) is 0.394. The normalized spacial score (nSPS) is 11.2. The number of aromatic nitrogens is 1. The van der Waals surface area contributed by atoms with Crippen LogP contribution in [-0.2, 0) is 21.4 Å². The van der Waals surface area contributed by atoms with Crippen LogP contribution in [0, 0.1) is 0 Å². The summed E-state index contributed by atoms with van der Waals surface area (Å²) in [4.78, 5) is 18.2. The average Bonchev–Trinajstić information content (AvgIpc) is 2.60. The molecule has 0 saturated heterocycles. The third-order valence-electron chi connectivity index (χ3n) is 3.53. The van der Waals surface area contributed by atoms with Crippen LogP contribution in [0.4, 0.5) is 5.82 Å². The van der Waals surface area contributed by atoms with Crippen molar-refractivity contribution in [1.29, 1.82) is 0 Å². The Morgan fingerprint density at radius 1 is 1.19 bits per heavy atom. The van der Waals surface area contributed by atoms with Crippen molar-refractivity contribution < 1.29 is 13.2 Å². The molecule has 0 spiro atoms. The molecule has 2 aromatic rings. The van der Waals surface area contributed by atoms with E-state index >= 15 is 0 Å². The molecule has 2 N–H and O–H groups in total. The van der Waals surface area contributed by atoms with Gasteiger partial charge in [-0.05, 0) is 42.0 Å². The zero-order chi connectivity index (χ0) is 19.2. The largest absolute Gasteiger partial charge is 0.363 e. The van der Waals surface area contributed by atoms with Crippen LogP contribution in [0.15, 0.2) is 52.0 Å². The molecule has 0 atom stereocenters. The second-order valence-corrected chi connectivity index (χ2v) is 8.48. The molecule has 0 aliphatic rings. The molecule has 2 rings (SSSR count). The van der Waals surface area contributed by atoms with E-state index in [2.05, 4.69) is 31.0 Å². The van der Waals surface area contributed by atoms with Crippen LogP contribution in [0.3, 0.4) is 0 Å². The molecule has 0 bridgehead atoms. The van der Waals surface area contributed by atoms with Crippen LogP contribution in [0.5, 0.6) is 0 Å². The van der Waals surface area contributed by atoms with Crippen LogP contribution in [-0.4, -0.2) is 39.9 Å². The number of halogens is 1. The second-order valence-electron chi connectivity index (χ2n) is 5.80. The second kappa shape index (κ2) is 9.11. The summed E-state index contributed by atoms with van der Waals surface area (Å²) in [6.07, 6.45) is 1.74. The maximum atomic E-state index is 12.1. The summed E-state index contributed by atoms with van der Waals surface area (Å²) in [5.41, 5.74) is 0.924. The van der Waals surface area contributed by atoms with Gasteiger partial charge in [-0.3, -0.25) is 4.79 Å². The van der Waals surface area contributed by atoms with E-state index in [-0.39, 0.29) is 23.8 Å². The number of benzene rings is 1. The minimum Gasteiger partial charge on any atom is -0.363 e. The number of carbonyl (C=O) groups excluding carboxylic acids is 1. The molecule has 0 aliphatic carbocycles. The van der Waals surface area contributed by atoms with E-state index in [0.717, 1.165) is 15.9 Å². The first-order valence-corrected chi connectivity index (χ1v) is 10.2. The molecule has 26 heavy (non-hydrogen) atoms. The molecular formula is C17H21BrN4O3S. The predicted molar refractivity (Wildman–Crippen MR) is 104 cm³/mol. The van der Waals surface area contributed by atoms with Gasteiger partial charge in [0.1, 0.15) is 5.82 Å². The van der Waals surface area contributed by atoms with E-state index in [4.69, 9.17) is 0 Å². The summed E-state index contributed by atoms with van der Waals surface area (Å²) < 4.78 is 27.5. The molecule has 0 radical (unpaired) electrons. The van der Waals surface area contributed by atoms with Crippen LogP contribution in [0.1, 0.15) is 12.0 Å². The molecule has 1 amide bonds. The van der Waals surface area contributed by atoms with Crippen LogP contribution >= 0.6 is 15.9 Å². The number of hydrogen-bond donors (Lipinski definition) is 2. The number of rotatable bonds is 8. The number of anilines is 1. The molecule has 0 fully saturated rings. The van der Waals surface area contributed by atoms with Crippen molar-refractivity contribution in [2.45, 2.75) is 17.9 Å². The lowest BCUT2D eigenvalue weighted by Gasteiger charge is -2.12. The van der Waals surface area contributed by atoms with Gasteiger partial charge in [0.05, 0.1) is 4.90 Å². The smallest absolute Gasteiger partial charge is 0.240 e. The fraction of sp³-hybridized carbons (Fsp3) is 0.294. The molecule has 1 heterocycles. The molecule has 0 saturated carbocycles. The van der Waals surface area contributed by atoms with Crippen LogP contribution in [0.2, 0.25) is 0 Å². The third kappa shape index (κ3) is 6.08. The first kappa shape index (κ1) is 20.3. The van der Waals surface area contributed by atoms with Crippen LogP contribution < -0.4 is 14.9 Å². The Labute approximate surface area is 162 Å². The number of pyridine rings is 1. The topological polar surface area (TPSA) is 91.4 Å². The minimum atomic E-state index is -3.62. The Balaban J connectivity index is 1.80. The van der Waals surface area contributed by atoms with Gasteiger partial charge in [-0.1, -0.05) is 15.9 Å². The molecule has 7 nitrogen and oxygen atoms in total. The summed E-state index contributed by atoms with van der Waals surface area (Å²) >= 11 is 3.26. The third-order valence-corrected chi connectivity index (χ3v) is 5.53. The molecule has 0 aliphatic heterocycles. The highest BCUT2D eigenvalue weighted by Crippen LogP contribution is 2.14. The zero-order valence-corrected chi connectivity index (χ0v) is 17.0. The molecule has 9 heteroatoms. The fourth-order valence-electron chi connectivity index (χ4n) is 2.10. The number of sulfonamides is 1. The van der Waals surface area contributed by atoms with Gasteiger partial charge in [-0.15, -0.1) is 0 Å². The monoisotopic (exact) mass is 440 g/mol. The minimum absolute atomic E-state index is 0.0313. The van der Waals surface area contributed by atoms with E-state index in [1.165, 1.54) is 12.1 Å². The quantitative estimate of drug-likeness (QED) is 0.653. The Morgan fingerprint density at radius 3 is 2.54 bits per heavy atom. The van der Waals surface area contributed by atoms with E-state index in [1.807, 2.05) is 31.1 Å². The van der Waals surface area contributed by atoms with E-state index in [1.54, 1.807) is 18.3 Å². The highest BCUT2D eigenvalue weighted by Gasteiger charge is 2.14. The molecular weight excluding hydrogens is 420 g/mol. The van der Waals surface area contributed by atoms with Gasteiger partial charge in [0.15, 0.2) is 0 Å². The van der Waals surface area contributed by atoms with Gasteiger partial charge in [-0.2, -0.15) is 0 Å². The lowest BCUT2D eigenvalue weighted by Crippen LogP contribution is -2.30. The summed E-state index contributed by atoms with van der Waals surface area (Å²) in [6, 6.07) is 10.0. The Kier molecular flexibility index (Phi) is 7.13. The Hall–Kier alpha value is -1.97. The van der Waals surface area contributed by atoms with Crippen molar-refractivity contribution in [3.63, 3.8) is 0 Å². The highest BCUT2D eigenvalue weighted by molar-refractivity contribution is 9.10. The van der Waals surface area contributed by atoms with Gasteiger partial charge in [0.2, 0.25) is 15.9 Å². The predicted octanol–water partition coefficient (Wildman–Crippen LogP) is 1.89. The van der Waals surface area contributed by atoms with Gasteiger partial charge in [-0.25, -0.2) is 18.1 Å². The van der Waals surface area contributed by atoms with Gasteiger partial charge in [0, 0.05) is 44.3 Å². The summed E-state index contributed by atoms with van der Waals surface area (Å²) in [5, 5.41) is 2.77. The average molecular weight is 441 g/mol. The van der Waals surface area contributed by atoms with E-state index in [0.29, 0.717) is 6.54 Å². The van der Waals surface area contributed by atoms with Crippen molar-refractivity contribution in [2.24, 2.45) is 0 Å². The van der Waals surface area contributed by atoms with Crippen molar-refractivity contribution in [3.05, 3.63) is 52.6 Å². The number of carbonyl (C=O) groups is 1. The van der Waals surface area contributed by atoms with Crippen molar-refractivity contribution in [3.8, 4) is 0 Å². The summed E-state index contributed by atoms with van der Waals surface area (Å²) in [5.74, 6) is 0.575. The number of nitrogens with zero attached hydrogens (tertiary/aromatic N) is 2. The SMILES string of the molecule is CN(C)c1cc(CNC(=O)CCNS(=O)(=O)c2ccc(Br)cc2)ccn1. The molecule has 1 aromatic heterocycles. The Bertz CT molecular complexity index is 855. The first-order valence-electron chi connectivity index (χ1n) is 7.92. The van der Waals surface area contributed by atoms with Gasteiger partial charge < -0.3 is 10.2 Å². The van der Waals surface area contributed by atoms with Crippen molar-refractivity contribution in [2.75, 3.05) is 25.5 Å². The fourth-order valence-corrected chi connectivity index (χ4v) is 3.40. The molecule has 140 valence electrons. The standard InChI is InChI=1S/C17H21BrN4O3S/c1-22(2)16-11-13(7-9-19-16)12-20-17(23)8-10-21-26(24,25)15-5-3-14(18)4-6-15/h3-7,9,11,21H,8,10,12H2,1-2H3,(H,20,23). The molecule has 0 unspecified atom stereocenters. The van der Waals surface area contributed by atoms with Crippen molar-refractivity contribution >= 4 is 37.7 Å².